The summed E-state index contributed by atoms with van der Waals surface area (Å²) < 4.78 is 26.6. The van der Waals surface area contributed by atoms with Crippen molar-refractivity contribution in [3.05, 3.63) is 28.2 Å². The van der Waals surface area contributed by atoms with Gasteiger partial charge in [-0.3, -0.25) is 0 Å². The van der Waals surface area contributed by atoms with E-state index in [-0.39, 0.29) is 16.0 Å². The van der Waals surface area contributed by atoms with Crippen LogP contribution in [0.3, 0.4) is 0 Å². The Bertz CT molecular complexity index is 545. The molecule has 1 saturated heterocycles. The fraction of sp³-hybridized carbons (Fsp3) is 0.500. The van der Waals surface area contributed by atoms with E-state index in [4.69, 9.17) is 23.2 Å². The molecular weight excluding hydrogens is 293 g/mol. The Hall–Kier alpha value is -0.290. The number of halogens is 2. The van der Waals surface area contributed by atoms with E-state index in [2.05, 4.69) is 0 Å². The van der Waals surface area contributed by atoms with Crippen molar-refractivity contribution < 1.29 is 8.42 Å². The van der Waals surface area contributed by atoms with Gasteiger partial charge in [-0.15, -0.1) is 0 Å². The Morgan fingerprint density at radius 3 is 2.67 bits per heavy atom. The first-order chi connectivity index (χ1) is 8.43. The first kappa shape index (κ1) is 14.1. The highest BCUT2D eigenvalue weighted by Crippen LogP contribution is 2.31. The minimum Gasteiger partial charge on any atom is -0.207 e. The second-order valence-electron chi connectivity index (χ2n) is 4.54. The highest BCUT2D eigenvalue weighted by molar-refractivity contribution is 7.89. The molecule has 0 aliphatic carbocycles. The molecule has 0 radical (unpaired) electrons. The fourth-order valence-electron chi connectivity index (χ4n) is 2.23. The number of benzene rings is 1. The summed E-state index contributed by atoms with van der Waals surface area (Å²) in [5.74, 6) is 0. The quantitative estimate of drug-likeness (QED) is 0.838. The first-order valence-corrected chi connectivity index (χ1v) is 8.09. The van der Waals surface area contributed by atoms with E-state index in [0.29, 0.717) is 11.6 Å². The number of rotatable bonds is 2. The van der Waals surface area contributed by atoms with Gasteiger partial charge < -0.3 is 0 Å². The lowest BCUT2D eigenvalue weighted by Crippen LogP contribution is -2.42. The van der Waals surface area contributed by atoms with Gasteiger partial charge in [0.15, 0.2) is 0 Å². The largest absolute Gasteiger partial charge is 0.244 e. The topological polar surface area (TPSA) is 37.4 Å². The van der Waals surface area contributed by atoms with Gasteiger partial charge in [0, 0.05) is 17.6 Å². The number of piperidine rings is 1. The summed E-state index contributed by atoms with van der Waals surface area (Å²) >= 11 is 11.8. The molecule has 1 aromatic carbocycles. The zero-order chi connectivity index (χ0) is 13.3. The number of hydrogen-bond acceptors (Lipinski definition) is 2. The number of nitrogens with zero attached hydrogens (tertiary/aromatic N) is 1. The summed E-state index contributed by atoms with van der Waals surface area (Å²) in [6, 6.07) is 4.54. The van der Waals surface area contributed by atoms with Crippen molar-refractivity contribution in [2.45, 2.75) is 37.1 Å². The van der Waals surface area contributed by atoms with Crippen molar-refractivity contribution in [1.82, 2.24) is 4.31 Å². The molecule has 0 N–H and O–H groups in total. The van der Waals surface area contributed by atoms with Crippen LogP contribution in [0.4, 0.5) is 0 Å². The fourth-order valence-corrected chi connectivity index (χ4v) is 4.67. The zero-order valence-electron chi connectivity index (χ0n) is 10.1. The minimum atomic E-state index is -3.55. The lowest BCUT2D eigenvalue weighted by atomic mass is 10.1. The monoisotopic (exact) mass is 307 g/mol. The molecule has 1 unspecified atom stereocenters. The molecule has 0 saturated carbocycles. The maximum Gasteiger partial charge on any atom is 0.244 e. The van der Waals surface area contributed by atoms with Gasteiger partial charge >= 0.3 is 0 Å². The average Bonchev–Trinajstić information content (AvgIpc) is 2.32. The molecule has 1 atom stereocenters. The molecule has 6 heteroatoms. The van der Waals surface area contributed by atoms with Crippen molar-refractivity contribution in [3.8, 4) is 0 Å². The Kier molecular flexibility index (Phi) is 4.22. The van der Waals surface area contributed by atoms with Gasteiger partial charge in [-0.1, -0.05) is 29.6 Å². The number of sulfonamides is 1. The van der Waals surface area contributed by atoms with E-state index in [1.807, 2.05) is 6.92 Å². The molecule has 100 valence electrons. The predicted molar refractivity (Wildman–Crippen MR) is 73.7 cm³/mol. The Balaban J connectivity index is 2.44. The third kappa shape index (κ3) is 2.67. The average molecular weight is 308 g/mol. The van der Waals surface area contributed by atoms with E-state index in [0.717, 1.165) is 19.3 Å². The van der Waals surface area contributed by atoms with Gasteiger partial charge in [-0.2, -0.15) is 4.31 Å². The van der Waals surface area contributed by atoms with E-state index in [9.17, 15) is 8.42 Å². The van der Waals surface area contributed by atoms with Crippen LogP contribution in [0, 0.1) is 0 Å². The lowest BCUT2D eigenvalue weighted by molar-refractivity contribution is 0.268. The smallest absolute Gasteiger partial charge is 0.207 e. The molecule has 1 aromatic rings. The standard InChI is InChI=1S/C12H15Cl2NO2S/c1-9-4-2-3-7-15(9)18(16,17)12-8-10(13)5-6-11(12)14/h5-6,8-9H,2-4,7H2,1H3. The molecular formula is C12H15Cl2NO2S. The van der Waals surface area contributed by atoms with Crippen LogP contribution in [0.1, 0.15) is 26.2 Å². The predicted octanol–water partition coefficient (Wildman–Crippen LogP) is 3.56. The van der Waals surface area contributed by atoms with Gasteiger partial charge in [0.2, 0.25) is 10.0 Å². The molecule has 3 nitrogen and oxygen atoms in total. The van der Waals surface area contributed by atoms with Crippen molar-refractivity contribution >= 4 is 33.2 Å². The third-order valence-electron chi connectivity index (χ3n) is 3.22. The van der Waals surface area contributed by atoms with Crippen LogP contribution < -0.4 is 0 Å². The molecule has 0 spiro atoms. The normalized spacial score (nSPS) is 22.1. The van der Waals surface area contributed by atoms with Gasteiger partial charge in [-0.25, -0.2) is 8.42 Å². The Labute approximate surface area is 118 Å². The van der Waals surface area contributed by atoms with Gasteiger partial charge in [-0.05, 0) is 38.0 Å². The second kappa shape index (κ2) is 5.37. The van der Waals surface area contributed by atoms with Gasteiger partial charge in [0.1, 0.15) is 4.90 Å². The van der Waals surface area contributed by atoms with E-state index >= 15 is 0 Å². The maximum atomic E-state index is 12.6. The van der Waals surface area contributed by atoms with Crippen molar-refractivity contribution in [3.63, 3.8) is 0 Å². The van der Waals surface area contributed by atoms with Crippen LogP contribution in [0.5, 0.6) is 0 Å². The summed E-state index contributed by atoms with van der Waals surface area (Å²) in [5, 5.41) is 0.597. The first-order valence-electron chi connectivity index (χ1n) is 5.90. The van der Waals surface area contributed by atoms with Crippen LogP contribution in [0.2, 0.25) is 10.0 Å². The molecule has 0 aromatic heterocycles. The molecule has 18 heavy (non-hydrogen) atoms. The van der Waals surface area contributed by atoms with E-state index in [1.165, 1.54) is 16.4 Å². The third-order valence-corrected chi connectivity index (χ3v) is 5.95. The Morgan fingerprint density at radius 2 is 2.00 bits per heavy atom. The molecule has 1 heterocycles. The summed E-state index contributed by atoms with van der Waals surface area (Å²) in [6.45, 7) is 2.47. The van der Waals surface area contributed by atoms with Crippen molar-refractivity contribution in [2.24, 2.45) is 0 Å². The minimum absolute atomic E-state index is 0.0128. The van der Waals surface area contributed by atoms with Crippen LogP contribution in [-0.2, 0) is 10.0 Å². The van der Waals surface area contributed by atoms with Crippen LogP contribution in [0.15, 0.2) is 23.1 Å². The zero-order valence-corrected chi connectivity index (χ0v) is 12.4. The summed E-state index contributed by atoms with van der Waals surface area (Å²) in [5.41, 5.74) is 0. The molecule has 2 rings (SSSR count). The summed E-state index contributed by atoms with van der Waals surface area (Å²) in [6.07, 6.45) is 2.84. The van der Waals surface area contributed by atoms with Gasteiger partial charge in [0.05, 0.1) is 5.02 Å². The highest BCUT2D eigenvalue weighted by Gasteiger charge is 2.32. The molecule has 0 bridgehead atoms. The van der Waals surface area contributed by atoms with E-state index in [1.54, 1.807) is 6.07 Å². The maximum absolute atomic E-state index is 12.6. The molecule has 1 fully saturated rings. The highest BCUT2D eigenvalue weighted by atomic mass is 35.5. The second-order valence-corrected chi connectivity index (χ2v) is 7.24. The Morgan fingerprint density at radius 1 is 1.28 bits per heavy atom. The lowest BCUT2D eigenvalue weighted by Gasteiger charge is -2.32. The molecule has 1 aliphatic heterocycles. The SMILES string of the molecule is CC1CCCCN1S(=O)(=O)c1cc(Cl)ccc1Cl. The van der Waals surface area contributed by atoms with Gasteiger partial charge in [0.25, 0.3) is 0 Å². The summed E-state index contributed by atoms with van der Waals surface area (Å²) in [7, 11) is -3.55. The number of hydrogen-bond donors (Lipinski definition) is 0. The van der Waals surface area contributed by atoms with Crippen LogP contribution in [-0.4, -0.2) is 25.3 Å². The van der Waals surface area contributed by atoms with Crippen molar-refractivity contribution in [2.75, 3.05) is 6.54 Å². The molecule has 1 aliphatic rings. The summed E-state index contributed by atoms with van der Waals surface area (Å²) in [4.78, 5) is 0.102. The van der Waals surface area contributed by atoms with Crippen molar-refractivity contribution in [1.29, 1.82) is 0 Å². The van der Waals surface area contributed by atoms with E-state index < -0.39 is 10.0 Å². The van der Waals surface area contributed by atoms with Crippen LogP contribution >= 0.6 is 23.2 Å². The van der Waals surface area contributed by atoms with Crippen LogP contribution in [0.25, 0.3) is 0 Å². The molecule has 0 amide bonds.